The maximum Gasteiger partial charge on any atom is 0.234 e. The fraction of sp³-hybridized carbons (Fsp3) is 0.500. The van der Waals surface area contributed by atoms with Crippen LogP contribution in [-0.2, 0) is 15.4 Å². The largest absolute Gasteiger partial charge is 0.391 e. The summed E-state index contributed by atoms with van der Waals surface area (Å²) in [5.74, 6) is 0.498. The number of aliphatic imine (C=N–C) groups is 1. The third-order valence-electron chi connectivity index (χ3n) is 5.76. The topological polar surface area (TPSA) is 100 Å². The molecule has 1 unspecified atom stereocenters. The summed E-state index contributed by atoms with van der Waals surface area (Å²) in [6.07, 6.45) is -0.234. The van der Waals surface area contributed by atoms with E-state index in [4.69, 9.17) is 14.4 Å². The van der Waals surface area contributed by atoms with Crippen molar-refractivity contribution in [3.05, 3.63) is 53.4 Å². The van der Waals surface area contributed by atoms with Gasteiger partial charge in [-0.2, -0.15) is 0 Å². The molecule has 3 heterocycles. The van der Waals surface area contributed by atoms with Crippen molar-refractivity contribution in [3.63, 3.8) is 0 Å². The van der Waals surface area contributed by atoms with E-state index in [0.717, 1.165) is 11.3 Å². The Morgan fingerprint density at radius 1 is 1.33 bits per heavy atom. The molecular formula is C22H28N4O4. The van der Waals surface area contributed by atoms with Crippen LogP contribution in [0.2, 0.25) is 0 Å². The first-order valence-corrected chi connectivity index (χ1v) is 10.3. The van der Waals surface area contributed by atoms with Crippen LogP contribution in [0.15, 0.2) is 45.9 Å². The summed E-state index contributed by atoms with van der Waals surface area (Å²) < 4.78 is 5.42. The number of likely N-dealkylation sites (tertiary alicyclic amines) is 1. The standard InChI is InChI=1S/C22H28N4O4/c1-13(2)19(18-10-14(3)24-29-18)21(28)26-12-16(27)11-17(26)20-23-22(4,30-25-20)15-8-6-5-7-9-15/h5-10,13,16-17,19,27H,11-12H2,1-4H3,(H,23,25)/t16-,17+,19?,22-/m1/s1. The predicted molar refractivity (Wildman–Crippen MR) is 110 cm³/mol. The maximum atomic E-state index is 13.5. The summed E-state index contributed by atoms with van der Waals surface area (Å²) in [6, 6.07) is 11.1. The zero-order chi connectivity index (χ0) is 21.5. The zero-order valence-corrected chi connectivity index (χ0v) is 17.7. The van der Waals surface area contributed by atoms with Crippen molar-refractivity contribution in [2.24, 2.45) is 10.9 Å². The molecule has 4 atom stereocenters. The van der Waals surface area contributed by atoms with Crippen LogP contribution in [-0.4, -0.2) is 45.6 Å². The number of carbonyl (C=O) groups is 1. The Labute approximate surface area is 175 Å². The molecule has 160 valence electrons. The molecule has 2 aliphatic rings. The molecule has 1 saturated heterocycles. The lowest BCUT2D eigenvalue weighted by Crippen LogP contribution is -2.46. The lowest BCUT2D eigenvalue weighted by Gasteiger charge is -2.29. The minimum absolute atomic E-state index is 0.00699. The number of nitrogens with one attached hydrogen (secondary N) is 1. The third kappa shape index (κ3) is 3.73. The van der Waals surface area contributed by atoms with Gasteiger partial charge in [-0.05, 0) is 19.8 Å². The average Bonchev–Trinajstić information content (AvgIpc) is 3.41. The number of β-amino-alcohol motifs (C(OH)–C–C–N with tert-alkyl or cyclic N) is 1. The highest BCUT2D eigenvalue weighted by Gasteiger charge is 2.45. The fourth-order valence-electron chi connectivity index (χ4n) is 4.20. The first-order valence-electron chi connectivity index (χ1n) is 10.3. The van der Waals surface area contributed by atoms with Crippen LogP contribution >= 0.6 is 0 Å². The van der Waals surface area contributed by atoms with Gasteiger partial charge in [0.2, 0.25) is 11.6 Å². The van der Waals surface area contributed by atoms with Crippen LogP contribution in [0, 0.1) is 12.8 Å². The quantitative estimate of drug-likeness (QED) is 0.783. The number of aromatic nitrogens is 1. The molecule has 8 heteroatoms. The van der Waals surface area contributed by atoms with Gasteiger partial charge in [-0.3, -0.25) is 4.79 Å². The Balaban J connectivity index is 1.62. The van der Waals surface area contributed by atoms with E-state index in [1.807, 2.05) is 58.0 Å². The van der Waals surface area contributed by atoms with E-state index in [1.54, 1.807) is 11.0 Å². The second-order valence-electron chi connectivity index (χ2n) is 8.54. The Bertz CT molecular complexity index is 942. The third-order valence-corrected chi connectivity index (χ3v) is 5.76. The Morgan fingerprint density at radius 2 is 2.07 bits per heavy atom. The number of aryl methyl sites for hydroxylation is 1. The molecule has 2 N–H and O–H groups in total. The van der Waals surface area contributed by atoms with E-state index in [-0.39, 0.29) is 18.4 Å². The van der Waals surface area contributed by atoms with E-state index in [9.17, 15) is 9.90 Å². The number of rotatable bonds is 5. The number of hydroxylamine groups is 1. The summed E-state index contributed by atoms with van der Waals surface area (Å²) in [4.78, 5) is 25.8. The Hall–Kier alpha value is -2.71. The second kappa shape index (κ2) is 7.85. The molecule has 0 aliphatic carbocycles. The lowest BCUT2D eigenvalue weighted by molar-refractivity contribution is -0.134. The molecule has 0 spiro atoms. The molecule has 1 aromatic heterocycles. The number of nitrogens with zero attached hydrogens (tertiary/aromatic N) is 3. The first kappa shape index (κ1) is 20.6. The van der Waals surface area contributed by atoms with Crippen LogP contribution in [0.5, 0.6) is 0 Å². The average molecular weight is 412 g/mol. The zero-order valence-electron chi connectivity index (χ0n) is 17.7. The molecule has 1 aromatic carbocycles. The van der Waals surface area contributed by atoms with Gasteiger partial charge in [0.05, 0.1) is 17.8 Å². The number of carbonyl (C=O) groups excluding carboxylic acids is 1. The molecule has 0 radical (unpaired) electrons. The van der Waals surface area contributed by atoms with Gasteiger partial charge < -0.3 is 14.5 Å². The monoisotopic (exact) mass is 412 g/mol. The highest BCUT2D eigenvalue weighted by molar-refractivity contribution is 5.94. The van der Waals surface area contributed by atoms with Gasteiger partial charge in [-0.15, -0.1) is 0 Å². The van der Waals surface area contributed by atoms with Crippen LogP contribution in [0.1, 0.15) is 50.1 Å². The normalized spacial score (nSPS) is 27.3. The van der Waals surface area contributed by atoms with E-state index in [2.05, 4.69) is 10.6 Å². The van der Waals surface area contributed by atoms with Gasteiger partial charge in [0, 0.05) is 24.6 Å². The molecule has 30 heavy (non-hydrogen) atoms. The van der Waals surface area contributed by atoms with Gasteiger partial charge in [0.25, 0.3) is 0 Å². The van der Waals surface area contributed by atoms with Gasteiger partial charge in [0.1, 0.15) is 17.5 Å². The fourth-order valence-corrected chi connectivity index (χ4v) is 4.20. The first-order chi connectivity index (χ1) is 14.3. The van der Waals surface area contributed by atoms with E-state index in [1.165, 1.54) is 0 Å². The number of amidine groups is 1. The Kier molecular flexibility index (Phi) is 5.38. The van der Waals surface area contributed by atoms with E-state index >= 15 is 0 Å². The van der Waals surface area contributed by atoms with Crippen molar-refractivity contribution in [1.29, 1.82) is 0 Å². The number of aliphatic hydroxyl groups is 1. The van der Waals surface area contributed by atoms with Gasteiger partial charge >= 0.3 is 0 Å². The smallest absolute Gasteiger partial charge is 0.234 e. The van der Waals surface area contributed by atoms with E-state index < -0.39 is 23.8 Å². The molecule has 2 aromatic rings. The molecular weight excluding hydrogens is 384 g/mol. The van der Waals surface area contributed by atoms with Crippen molar-refractivity contribution < 1.29 is 19.3 Å². The van der Waals surface area contributed by atoms with Crippen molar-refractivity contribution in [2.45, 2.75) is 57.9 Å². The minimum atomic E-state index is -0.891. The van der Waals surface area contributed by atoms with Crippen molar-refractivity contribution >= 4 is 11.7 Å². The maximum absolute atomic E-state index is 13.5. The number of benzene rings is 1. The van der Waals surface area contributed by atoms with Crippen molar-refractivity contribution in [3.8, 4) is 0 Å². The molecule has 2 aliphatic heterocycles. The minimum Gasteiger partial charge on any atom is -0.391 e. The highest BCUT2D eigenvalue weighted by atomic mass is 16.7. The summed E-state index contributed by atoms with van der Waals surface area (Å²) in [7, 11) is 0. The summed E-state index contributed by atoms with van der Waals surface area (Å²) >= 11 is 0. The van der Waals surface area contributed by atoms with Crippen LogP contribution in [0.3, 0.4) is 0 Å². The Morgan fingerprint density at radius 3 is 2.70 bits per heavy atom. The molecule has 0 bridgehead atoms. The SMILES string of the molecule is Cc1cc(C(C(=O)N2C[C@H](O)C[C@H]2C2=N[C@@](C)(c3ccccc3)ON2)C(C)C)on1. The second-order valence-corrected chi connectivity index (χ2v) is 8.54. The predicted octanol–water partition coefficient (Wildman–Crippen LogP) is 2.49. The van der Waals surface area contributed by atoms with Crippen LogP contribution in [0.25, 0.3) is 0 Å². The number of hydrogen-bond donors (Lipinski definition) is 2. The van der Waals surface area contributed by atoms with Gasteiger partial charge in [0.15, 0.2) is 0 Å². The summed E-state index contributed by atoms with van der Waals surface area (Å²) in [6.45, 7) is 7.89. The molecule has 0 saturated carbocycles. The van der Waals surface area contributed by atoms with Crippen LogP contribution < -0.4 is 5.48 Å². The van der Waals surface area contributed by atoms with E-state index in [0.29, 0.717) is 18.0 Å². The van der Waals surface area contributed by atoms with Gasteiger partial charge in [-0.25, -0.2) is 15.3 Å². The van der Waals surface area contributed by atoms with Crippen molar-refractivity contribution in [2.75, 3.05) is 6.54 Å². The van der Waals surface area contributed by atoms with Crippen LogP contribution in [0.4, 0.5) is 0 Å². The number of hydrogen-bond acceptors (Lipinski definition) is 7. The highest BCUT2D eigenvalue weighted by Crippen LogP contribution is 2.34. The molecule has 8 nitrogen and oxygen atoms in total. The van der Waals surface area contributed by atoms with Gasteiger partial charge in [-0.1, -0.05) is 49.3 Å². The summed E-state index contributed by atoms with van der Waals surface area (Å²) in [5.41, 5.74) is 3.66. The van der Waals surface area contributed by atoms with Crippen molar-refractivity contribution in [1.82, 2.24) is 15.5 Å². The molecule has 1 fully saturated rings. The lowest BCUT2D eigenvalue weighted by atomic mass is 9.91. The molecule has 1 amide bonds. The molecule has 4 rings (SSSR count). The summed E-state index contributed by atoms with van der Waals surface area (Å²) in [5, 5.41) is 14.3. The number of amides is 1. The number of aliphatic hydroxyl groups excluding tert-OH is 1.